The van der Waals surface area contributed by atoms with Crippen molar-refractivity contribution >= 4 is 127 Å². The van der Waals surface area contributed by atoms with E-state index in [1.807, 2.05) is 93.8 Å². The molecule has 0 saturated heterocycles. The maximum absolute atomic E-state index is 15.5. The maximum atomic E-state index is 15.5. The number of sulfonamides is 2. The van der Waals surface area contributed by atoms with Gasteiger partial charge >= 0.3 is 0 Å². The molecular weight excluding hydrogens is 1420 g/mol. The number of rotatable bonds is 44. The Morgan fingerprint density at radius 3 is 1.65 bits per heavy atom. The van der Waals surface area contributed by atoms with Crippen LogP contribution >= 0.6 is 46.8 Å². The molecule has 4 aromatic carbocycles. The summed E-state index contributed by atoms with van der Waals surface area (Å²) in [5.74, 6) is 0.736. The average Bonchev–Trinajstić information content (AvgIpc) is 1.71. The van der Waals surface area contributed by atoms with Crippen molar-refractivity contribution in [1.29, 1.82) is 5.26 Å². The Labute approximate surface area is 628 Å². The number of hydrogen-bond acceptors (Lipinski definition) is 23. The van der Waals surface area contributed by atoms with Crippen molar-refractivity contribution in [2.24, 2.45) is 10.2 Å². The van der Waals surface area contributed by atoms with Gasteiger partial charge in [-0.3, -0.25) is 4.90 Å². The van der Waals surface area contributed by atoms with Gasteiger partial charge in [-0.05, 0) is 188 Å². The van der Waals surface area contributed by atoms with Gasteiger partial charge in [-0.25, -0.2) is 31.8 Å². The molecule has 4 heterocycles. The molecule has 0 bridgehead atoms. The van der Waals surface area contributed by atoms with Gasteiger partial charge in [-0.15, -0.1) is 28.9 Å². The van der Waals surface area contributed by atoms with E-state index in [9.17, 15) is 13.7 Å². The van der Waals surface area contributed by atoms with Gasteiger partial charge in [0, 0.05) is 67.8 Å². The number of unbranched alkanes of at least 4 members (excludes halogenated alkanes) is 8. The molecule has 1 N–H and O–H groups in total. The first-order valence-electron chi connectivity index (χ1n) is 36.6. The van der Waals surface area contributed by atoms with Crippen LogP contribution in [0.1, 0.15) is 208 Å². The molecule has 0 fully saturated rings. The van der Waals surface area contributed by atoms with E-state index < -0.39 is 20.0 Å². The third-order valence-electron chi connectivity index (χ3n) is 17.9. The molecular formula is C75H106N14O8S6. The van der Waals surface area contributed by atoms with Gasteiger partial charge in [-0.2, -0.15) is 33.8 Å². The summed E-state index contributed by atoms with van der Waals surface area (Å²) in [5, 5.41) is 34.1. The van der Waals surface area contributed by atoms with Crippen molar-refractivity contribution in [3.8, 4) is 11.2 Å². The lowest BCUT2D eigenvalue weighted by Crippen LogP contribution is -2.34. The molecule has 8 rings (SSSR count). The Kier molecular flexibility index (Phi) is 31.7. The Hall–Kier alpha value is -6.01. The molecule has 103 heavy (non-hydrogen) atoms. The minimum absolute atomic E-state index is 0.146. The number of fused-ring (bicyclic) bond motifs is 2. The van der Waals surface area contributed by atoms with Gasteiger partial charge in [-0.1, -0.05) is 142 Å². The lowest BCUT2D eigenvalue weighted by Gasteiger charge is -2.30. The fourth-order valence-electron chi connectivity index (χ4n) is 12.2. The number of pyridine rings is 1. The van der Waals surface area contributed by atoms with Crippen molar-refractivity contribution in [3.63, 3.8) is 0 Å². The SMILES string of the molecule is CCCCN(CCCC)OOSc1ccc2nc(-n3nc(C)c(C#N)c3N=Nc3c(C)cc(N(c4nc5ccc(S(=O)(=O)N(CCCC)CCCC)cc5s4)c4c(C)cc(C)c(S(=O)(=O)N(CCCC)CCCC)c4C)nc3Nc3c(C)cc(C)c(SOON(CCCC)CCCC)c3C)sc2c1. The monoisotopic (exact) mass is 1520 g/mol. The fourth-order valence-corrected chi connectivity index (χ4v) is 18.9. The summed E-state index contributed by atoms with van der Waals surface area (Å²) in [6.45, 7) is 36.7. The minimum atomic E-state index is -4.11. The number of hydrogen-bond donors (Lipinski definition) is 1. The summed E-state index contributed by atoms with van der Waals surface area (Å²) in [4.78, 5) is 31.5. The standard InChI is InChI=1S/C75H106N14O8S6/c1-17-25-37-84(38-26-18-2)94-96-100-59-33-35-62-64(48-59)99-75(78-62)89-73(61(50-76)58(16)83-89)82-81-68-52(10)47-66(79-72(68)80-67-51(9)45-54(12)70(56(67)14)101-97-95-85(39-27-19-3)40-28-20-4)88(69-53(11)46-55(13)71(57(69)15)103(92,93)87(43-31-23-7)44-32-24-8)74-77-63-36-34-60(49-65(63)98-74)102(90,91)86(41-29-21-5)42-30-22-6/h33-36,45-49H,17-32,37-44H2,1-16H3,(H,79,80). The van der Waals surface area contributed by atoms with Crippen LogP contribution in [0.25, 0.3) is 25.6 Å². The Balaban J connectivity index is 1.34. The van der Waals surface area contributed by atoms with Gasteiger partial charge in [0.2, 0.25) is 25.2 Å². The predicted octanol–water partition coefficient (Wildman–Crippen LogP) is 21.2. The number of azo groups is 1. The number of nitrogens with zero attached hydrogens (tertiary/aromatic N) is 13. The second-order valence-corrected chi connectivity index (χ2v) is 33.6. The molecule has 0 atom stereocenters. The molecule has 560 valence electrons. The second-order valence-electron chi connectivity index (χ2n) is 26.3. The number of hydroxylamine groups is 4. The molecule has 8 aromatic rings. The molecule has 0 unspecified atom stereocenters. The molecule has 0 aliphatic heterocycles. The molecule has 28 heteroatoms. The van der Waals surface area contributed by atoms with E-state index in [-0.39, 0.29) is 27.0 Å². The molecule has 22 nitrogen and oxygen atoms in total. The first-order chi connectivity index (χ1) is 49.5. The van der Waals surface area contributed by atoms with E-state index in [1.165, 1.54) is 22.7 Å². The predicted molar refractivity (Wildman–Crippen MR) is 421 cm³/mol. The van der Waals surface area contributed by atoms with E-state index >= 15 is 8.42 Å². The van der Waals surface area contributed by atoms with Gasteiger partial charge < -0.3 is 5.32 Å². The van der Waals surface area contributed by atoms with Crippen LogP contribution in [0.5, 0.6) is 0 Å². The number of thiazole rings is 2. The molecule has 0 amide bonds. The van der Waals surface area contributed by atoms with Crippen LogP contribution in [0.4, 0.5) is 39.6 Å². The van der Waals surface area contributed by atoms with E-state index in [4.69, 9.17) is 48.9 Å². The van der Waals surface area contributed by atoms with Crippen LogP contribution in [0.15, 0.2) is 84.4 Å². The van der Waals surface area contributed by atoms with Crippen molar-refractivity contribution < 1.29 is 35.5 Å². The zero-order valence-corrected chi connectivity index (χ0v) is 68.1. The van der Waals surface area contributed by atoms with E-state index in [0.29, 0.717) is 110 Å². The molecule has 0 spiro atoms. The summed E-state index contributed by atoms with van der Waals surface area (Å²) >= 11 is 4.91. The van der Waals surface area contributed by atoms with Gasteiger partial charge in [0.25, 0.3) is 0 Å². The summed E-state index contributed by atoms with van der Waals surface area (Å²) < 4.78 is 78.3. The van der Waals surface area contributed by atoms with Crippen molar-refractivity contribution in [1.82, 2.24) is 43.5 Å². The Morgan fingerprint density at radius 2 is 1.08 bits per heavy atom. The summed E-state index contributed by atoms with van der Waals surface area (Å²) in [5.41, 5.74) is 8.47. The van der Waals surface area contributed by atoms with Crippen molar-refractivity contribution in [2.75, 3.05) is 62.6 Å². The quantitative estimate of drug-likeness (QED) is 0.0162. The van der Waals surface area contributed by atoms with Crippen LogP contribution in [-0.2, 0) is 38.7 Å². The molecule has 0 saturated carbocycles. The van der Waals surface area contributed by atoms with Crippen LogP contribution in [0, 0.1) is 66.7 Å². The molecule has 4 aromatic heterocycles. The van der Waals surface area contributed by atoms with Gasteiger partial charge in [0.1, 0.15) is 23.1 Å². The summed E-state index contributed by atoms with van der Waals surface area (Å²) in [6.07, 6.45) is 14.1. The average molecular weight is 1520 g/mol. The van der Waals surface area contributed by atoms with E-state index in [0.717, 1.165) is 177 Å². The molecule has 0 aliphatic rings. The minimum Gasteiger partial charge on any atom is -0.338 e. The number of aryl methyl sites for hydroxylation is 6. The van der Waals surface area contributed by atoms with Crippen LogP contribution in [0.2, 0.25) is 0 Å². The Morgan fingerprint density at radius 1 is 0.553 bits per heavy atom. The largest absolute Gasteiger partial charge is 0.338 e. The maximum Gasteiger partial charge on any atom is 0.243 e. The Bertz CT molecular complexity index is 4430. The number of benzene rings is 4. The fraction of sp³-hybridized carbons (Fsp3) is 0.533. The first-order valence-corrected chi connectivity index (χ1v) is 42.6. The van der Waals surface area contributed by atoms with E-state index in [2.05, 4.69) is 72.8 Å². The normalized spacial score (nSPS) is 12.3. The van der Waals surface area contributed by atoms with Crippen LogP contribution < -0.4 is 10.2 Å². The first kappa shape index (κ1) is 82.6. The zero-order chi connectivity index (χ0) is 74.5. The van der Waals surface area contributed by atoms with Crippen LogP contribution in [-0.4, -0.2) is 113 Å². The van der Waals surface area contributed by atoms with Gasteiger partial charge in [0.05, 0.1) is 65.7 Å². The number of aromatic nitrogens is 5. The van der Waals surface area contributed by atoms with Crippen molar-refractivity contribution in [3.05, 3.63) is 105 Å². The molecule has 0 aliphatic carbocycles. The van der Waals surface area contributed by atoms with Gasteiger partial charge in [0.15, 0.2) is 16.8 Å². The highest BCUT2D eigenvalue weighted by Gasteiger charge is 2.34. The number of anilines is 5. The summed E-state index contributed by atoms with van der Waals surface area (Å²) in [7, 11) is -8.03. The highest BCUT2D eigenvalue weighted by molar-refractivity contribution is 7.95. The topological polar surface area (TPSA) is 238 Å². The van der Waals surface area contributed by atoms with Crippen molar-refractivity contribution in [2.45, 2.75) is 233 Å². The smallest absolute Gasteiger partial charge is 0.243 e. The molecule has 0 radical (unpaired) electrons. The highest BCUT2D eigenvalue weighted by Crippen LogP contribution is 2.48. The third-order valence-corrected chi connectivity index (χ3v) is 25.5. The van der Waals surface area contributed by atoms with E-state index in [1.54, 1.807) is 38.4 Å². The number of nitriles is 1. The zero-order valence-electron chi connectivity index (χ0n) is 63.2. The third kappa shape index (κ3) is 20.6. The lowest BCUT2D eigenvalue weighted by atomic mass is 10.0. The second kappa shape index (κ2) is 39.5. The highest BCUT2D eigenvalue weighted by atomic mass is 32.2. The van der Waals surface area contributed by atoms with Crippen LogP contribution in [0.3, 0.4) is 0 Å². The lowest BCUT2D eigenvalue weighted by molar-refractivity contribution is -0.360. The summed E-state index contributed by atoms with van der Waals surface area (Å²) in [6, 6.07) is 19.1. The number of nitrogens with one attached hydrogen (secondary N) is 1.